The molecule has 1 unspecified atom stereocenters. The van der Waals surface area contributed by atoms with E-state index in [1.807, 2.05) is 31.2 Å². The third kappa shape index (κ3) is 7.56. The van der Waals surface area contributed by atoms with E-state index in [2.05, 4.69) is 17.2 Å². The molecule has 0 fully saturated rings. The quantitative estimate of drug-likeness (QED) is 0.416. The van der Waals surface area contributed by atoms with Crippen LogP contribution >= 0.6 is 0 Å². The second-order valence-electron chi connectivity index (χ2n) is 5.05. The van der Waals surface area contributed by atoms with Crippen molar-refractivity contribution in [3.05, 3.63) is 29.8 Å². The highest BCUT2D eigenvalue weighted by Crippen LogP contribution is 2.14. The minimum atomic E-state index is 0.141. The molecule has 0 radical (unpaired) electrons. The molecule has 0 saturated carbocycles. The van der Waals surface area contributed by atoms with Crippen molar-refractivity contribution in [2.75, 3.05) is 20.3 Å². The first-order valence-corrected chi connectivity index (χ1v) is 7.42. The summed E-state index contributed by atoms with van der Waals surface area (Å²) in [6, 6.07) is 8.10. The Bertz CT molecular complexity index is 435. The van der Waals surface area contributed by atoms with Crippen molar-refractivity contribution >= 4 is 5.96 Å². The number of rotatable bonds is 9. The van der Waals surface area contributed by atoms with Gasteiger partial charge in [0.05, 0.1) is 19.8 Å². The molecular formula is C16H27N3O2. The number of guanidine groups is 1. The molecule has 0 amide bonds. The number of nitrogens with zero attached hydrogens (tertiary/aromatic N) is 1. The molecule has 0 heterocycles. The van der Waals surface area contributed by atoms with Crippen molar-refractivity contribution in [3.63, 3.8) is 0 Å². The first kappa shape index (κ1) is 17.3. The van der Waals surface area contributed by atoms with E-state index in [1.54, 1.807) is 7.11 Å². The summed E-state index contributed by atoms with van der Waals surface area (Å²) in [5, 5.41) is 3.08. The lowest BCUT2D eigenvalue weighted by atomic mass is 10.2. The summed E-state index contributed by atoms with van der Waals surface area (Å²) in [5.41, 5.74) is 6.92. The van der Waals surface area contributed by atoms with Crippen molar-refractivity contribution in [2.45, 2.75) is 39.3 Å². The van der Waals surface area contributed by atoms with Gasteiger partial charge in [0.1, 0.15) is 5.75 Å². The Kier molecular flexibility index (Phi) is 8.28. The maximum atomic E-state index is 5.84. The molecule has 0 aliphatic carbocycles. The molecule has 0 spiro atoms. The van der Waals surface area contributed by atoms with Crippen molar-refractivity contribution in [1.29, 1.82) is 0 Å². The summed E-state index contributed by atoms with van der Waals surface area (Å²) >= 11 is 0. The second-order valence-corrected chi connectivity index (χ2v) is 5.05. The molecule has 0 aliphatic heterocycles. The van der Waals surface area contributed by atoms with Gasteiger partial charge in [-0.3, -0.25) is 0 Å². The molecule has 0 aromatic heterocycles. The van der Waals surface area contributed by atoms with E-state index in [4.69, 9.17) is 15.2 Å². The Morgan fingerprint density at radius 2 is 2.24 bits per heavy atom. The lowest BCUT2D eigenvalue weighted by molar-refractivity contribution is 0.179. The van der Waals surface area contributed by atoms with Gasteiger partial charge in [0.25, 0.3) is 0 Å². The molecule has 21 heavy (non-hydrogen) atoms. The van der Waals surface area contributed by atoms with Gasteiger partial charge in [-0.1, -0.05) is 25.5 Å². The Morgan fingerprint density at radius 3 is 2.95 bits per heavy atom. The van der Waals surface area contributed by atoms with Gasteiger partial charge in [-0.05, 0) is 31.0 Å². The first-order chi connectivity index (χ1) is 10.2. The summed E-state index contributed by atoms with van der Waals surface area (Å²) < 4.78 is 10.7. The summed E-state index contributed by atoms with van der Waals surface area (Å²) in [4.78, 5) is 4.33. The fraction of sp³-hybridized carbons (Fsp3) is 0.562. The number of ether oxygens (including phenoxy) is 2. The third-order valence-corrected chi connectivity index (χ3v) is 2.91. The molecule has 1 aromatic carbocycles. The molecule has 0 aliphatic rings. The number of nitrogens with one attached hydrogen (secondary N) is 1. The summed E-state index contributed by atoms with van der Waals surface area (Å²) in [7, 11) is 1.66. The zero-order chi connectivity index (χ0) is 15.5. The average Bonchev–Trinajstić information content (AvgIpc) is 2.46. The number of hydrogen-bond donors (Lipinski definition) is 2. The van der Waals surface area contributed by atoms with Crippen LogP contribution in [0.4, 0.5) is 0 Å². The normalized spacial score (nSPS) is 13.0. The van der Waals surface area contributed by atoms with Crippen molar-refractivity contribution in [1.82, 2.24) is 5.32 Å². The van der Waals surface area contributed by atoms with E-state index >= 15 is 0 Å². The van der Waals surface area contributed by atoms with E-state index in [0.29, 0.717) is 19.1 Å². The van der Waals surface area contributed by atoms with Gasteiger partial charge < -0.3 is 20.5 Å². The fourth-order valence-corrected chi connectivity index (χ4v) is 1.83. The molecule has 5 heteroatoms. The highest BCUT2D eigenvalue weighted by molar-refractivity contribution is 5.78. The highest BCUT2D eigenvalue weighted by Gasteiger charge is 2.02. The number of aliphatic imine (C=N–C) groups is 1. The predicted molar refractivity (Wildman–Crippen MR) is 86.6 cm³/mol. The van der Waals surface area contributed by atoms with E-state index in [-0.39, 0.29) is 6.04 Å². The molecule has 118 valence electrons. The van der Waals surface area contributed by atoms with Gasteiger partial charge in [0.15, 0.2) is 5.96 Å². The van der Waals surface area contributed by atoms with Crippen LogP contribution in [-0.2, 0) is 11.3 Å². The van der Waals surface area contributed by atoms with Crippen LogP contribution in [0.2, 0.25) is 0 Å². The molecule has 3 N–H and O–H groups in total. The molecule has 0 bridgehead atoms. The van der Waals surface area contributed by atoms with Crippen molar-refractivity contribution in [2.24, 2.45) is 10.7 Å². The zero-order valence-corrected chi connectivity index (χ0v) is 13.3. The van der Waals surface area contributed by atoms with E-state index in [9.17, 15) is 0 Å². The number of unbranched alkanes of at least 4 members (excludes halogenated alkanes) is 1. The third-order valence-electron chi connectivity index (χ3n) is 2.91. The van der Waals surface area contributed by atoms with Gasteiger partial charge in [-0.2, -0.15) is 0 Å². The molecule has 1 atom stereocenters. The fourth-order valence-electron chi connectivity index (χ4n) is 1.83. The molecule has 1 aromatic rings. The van der Waals surface area contributed by atoms with Crippen LogP contribution in [-0.4, -0.2) is 32.3 Å². The summed E-state index contributed by atoms with van der Waals surface area (Å²) in [5.74, 6) is 1.31. The lowest BCUT2D eigenvalue weighted by Crippen LogP contribution is -2.40. The van der Waals surface area contributed by atoms with Crippen molar-refractivity contribution in [3.8, 4) is 5.75 Å². The summed E-state index contributed by atoms with van der Waals surface area (Å²) in [6.45, 7) is 6.02. The predicted octanol–water partition coefficient (Wildman–Crippen LogP) is 2.30. The number of hydrogen-bond acceptors (Lipinski definition) is 3. The summed E-state index contributed by atoms with van der Waals surface area (Å²) in [6.07, 6.45) is 2.20. The molecular weight excluding hydrogens is 266 g/mol. The first-order valence-electron chi connectivity index (χ1n) is 7.42. The van der Waals surface area contributed by atoms with Crippen LogP contribution < -0.4 is 15.8 Å². The Morgan fingerprint density at radius 1 is 1.43 bits per heavy atom. The minimum Gasteiger partial charge on any atom is -0.494 e. The Balaban J connectivity index is 2.48. The number of benzene rings is 1. The minimum absolute atomic E-state index is 0.141. The topological polar surface area (TPSA) is 68.9 Å². The maximum Gasteiger partial charge on any atom is 0.189 e. The Labute approximate surface area is 127 Å². The van der Waals surface area contributed by atoms with E-state index in [0.717, 1.165) is 30.8 Å². The number of nitrogens with two attached hydrogens (primary N) is 1. The van der Waals surface area contributed by atoms with Gasteiger partial charge in [0, 0.05) is 13.2 Å². The van der Waals surface area contributed by atoms with Crippen LogP contribution in [0.5, 0.6) is 5.75 Å². The van der Waals surface area contributed by atoms with Crippen LogP contribution in [0.3, 0.4) is 0 Å². The van der Waals surface area contributed by atoms with Crippen LogP contribution in [0, 0.1) is 0 Å². The Hall–Kier alpha value is -1.75. The van der Waals surface area contributed by atoms with Gasteiger partial charge >= 0.3 is 0 Å². The van der Waals surface area contributed by atoms with Crippen LogP contribution in [0.15, 0.2) is 29.3 Å². The zero-order valence-electron chi connectivity index (χ0n) is 13.3. The van der Waals surface area contributed by atoms with Gasteiger partial charge in [-0.15, -0.1) is 0 Å². The maximum absolute atomic E-state index is 5.84. The lowest BCUT2D eigenvalue weighted by Gasteiger charge is -2.13. The van der Waals surface area contributed by atoms with Crippen LogP contribution in [0.25, 0.3) is 0 Å². The van der Waals surface area contributed by atoms with Crippen molar-refractivity contribution < 1.29 is 9.47 Å². The van der Waals surface area contributed by atoms with Crippen LogP contribution in [0.1, 0.15) is 32.3 Å². The second kappa shape index (κ2) is 10.0. The molecule has 5 nitrogen and oxygen atoms in total. The highest BCUT2D eigenvalue weighted by atomic mass is 16.5. The SMILES string of the molecule is CCCCOc1cccc(CN=C(N)NC(C)COC)c1. The molecule has 1 rings (SSSR count). The smallest absolute Gasteiger partial charge is 0.189 e. The standard InChI is InChI=1S/C16H27N3O2/c1-4-5-9-21-15-8-6-7-14(10-15)11-18-16(17)19-13(2)12-20-3/h6-8,10,13H,4-5,9,11-12H2,1-3H3,(H3,17,18,19). The monoisotopic (exact) mass is 293 g/mol. The number of methoxy groups -OCH3 is 1. The average molecular weight is 293 g/mol. The van der Waals surface area contributed by atoms with E-state index < -0.39 is 0 Å². The van der Waals surface area contributed by atoms with Gasteiger partial charge in [0.2, 0.25) is 0 Å². The van der Waals surface area contributed by atoms with Gasteiger partial charge in [-0.25, -0.2) is 4.99 Å². The largest absolute Gasteiger partial charge is 0.494 e. The molecule has 0 saturated heterocycles. The van der Waals surface area contributed by atoms with E-state index in [1.165, 1.54) is 0 Å².